The van der Waals surface area contributed by atoms with Crippen LogP contribution in [-0.4, -0.2) is 38.2 Å². The molecule has 0 spiro atoms. The minimum absolute atomic E-state index is 0.224. The number of anilines is 1. The summed E-state index contributed by atoms with van der Waals surface area (Å²) in [6.45, 7) is 0.914. The fraction of sp³-hybridized carbons (Fsp3) is 0.529. The van der Waals surface area contributed by atoms with Crippen molar-refractivity contribution >= 4 is 17.6 Å². The Bertz CT molecular complexity index is 562. The van der Waals surface area contributed by atoms with Crippen molar-refractivity contribution in [3.05, 3.63) is 29.8 Å². The van der Waals surface area contributed by atoms with E-state index in [0.717, 1.165) is 24.1 Å². The van der Waals surface area contributed by atoms with Gasteiger partial charge in [0.05, 0.1) is 18.8 Å². The summed E-state index contributed by atoms with van der Waals surface area (Å²) in [7, 11) is 1.60. The number of nitrogens with zero attached hydrogens (tertiary/aromatic N) is 1. The van der Waals surface area contributed by atoms with Crippen molar-refractivity contribution in [1.29, 1.82) is 0 Å². The standard InChI is InChI=1S/C17H21NO4/c1-21-11-14-10-18(17(20)22-14)16-5-3-2-4-15(16)12-6-8-13(19)9-7-12/h2-5,12,14H,6-11H2,1H3. The predicted molar refractivity (Wildman–Crippen MR) is 82.1 cm³/mol. The van der Waals surface area contributed by atoms with Gasteiger partial charge < -0.3 is 9.47 Å². The quantitative estimate of drug-likeness (QED) is 0.858. The number of amides is 1. The van der Waals surface area contributed by atoms with Crippen LogP contribution in [-0.2, 0) is 14.3 Å². The first-order valence-electron chi connectivity index (χ1n) is 7.76. The van der Waals surface area contributed by atoms with Crippen LogP contribution in [0.15, 0.2) is 24.3 Å². The number of methoxy groups -OCH3 is 1. The molecule has 1 aromatic carbocycles. The van der Waals surface area contributed by atoms with Crippen LogP contribution in [0.1, 0.15) is 37.2 Å². The molecule has 0 bridgehead atoms. The molecule has 1 aromatic rings. The van der Waals surface area contributed by atoms with E-state index >= 15 is 0 Å². The van der Waals surface area contributed by atoms with Gasteiger partial charge in [0.1, 0.15) is 11.9 Å². The molecule has 5 nitrogen and oxygen atoms in total. The highest BCUT2D eigenvalue weighted by atomic mass is 16.6. The SMILES string of the molecule is COCC1CN(c2ccccc2C2CCC(=O)CC2)C(=O)O1. The molecule has 3 rings (SSSR count). The number of para-hydroxylation sites is 1. The number of cyclic esters (lactones) is 1. The fourth-order valence-corrected chi connectivity index (χ4v) is 3.32. The van der Waals surface area contributed by atoms with E-state index in [1.807, 2.05) is 18.2 Å². The lowest BCUT2D eigenvalue weighted by atomic mass is 9.82. The van der Waals surface area contributed by atoms with E-state index in [-0.39, 0.29) is 12.2 Å². The van der Waals surface area contributed by atoms with Gasteiger partial charge in [-0.05, 0) is 30.4 Å². The Kier molecular flexibility index (Phi) is 4.43. The van der Waals surface area contributed by atoms with Crippen LogP contribution in [0.2, 0.25) is 0 Å². The fourth-order valence-electron chi connectivity index (χ4n) is 3.32. The van der Waals surface area contributed by atoms with Gasteiger partial charge in [0.2, 0.25) is 0 Å². The minimum atomic E-state index is -0.318. The monoisotopic (exact) mass is 303 g/mol. The van der Waals surface area contributed by atoms with Gasteiger partial charge in [0, 0.05) is 20.0 Å². The second-order valence-electron chi connectivity index (χ2n) is 5.94. The highest BCUT2D eigenvalue weighted by molar-refractivity contribution is 5.91. The summed E-state index contributed by atoms with van der Waals surface area (Å²) in [6, 6.07) is 7.95. The highest BCUT2D eigenvalue weighted by Gasteiger charge is 2.34. The van der Waals surface area contributed by atoms with E-state index in [1.54, 1.807) is 12.0 Å². The second-order valence-corrected chi connectivity index (χ2v) is 5.94. The summed E-state index contributed by atoms with van der Waals surface area (Å²) >= 11 is 0. The van der Waals surface area contributed by atoms with Crippen molar-refractivity contribution in [2.24, 2.45) is 0 Å². The third-order valence-corrected chi connectivity index (χ3v) is 4.44. The molecule has 1 atom stereocenters. The third kappa shape index (κ3) is 2.99. The van der Waals surface area contributed by atoms with Gasteiger partial charge in [-0.15, -0.1) is 0 Å². The lowest BCUT2D eigenvalue weighted by Crippen LogP contribution is -2.27. The first-order chi connectivity index (χ1) is 10.7. The van der Waals surface area contributed by atoms with E-state index < -0.39 is 0 Å². The smallest absolute Gasteiger partial charge is 0.414 e. The summed E-state index contributed by atoms with van der Waals surface area (Å²) in [5.41, 5.74) is 2.05. The van der Waals surface area contributed by atoms with Crippen LogP contribution in [0.5, 0.6) is 0 Å². The van der Waals surface area contributed by atoms with Gasteiger partial charge in [-0.3, -0.25) is 9.69 Å². The second kappa shape index (κ2) is 6.48. The molecule has 2 fully saturated rings. The van der Waals surface area contributed by atoms with Crippen molar-refractivity contribution < 1.29 is 19.1 Å². The summed E-state index contributed by atoms with van der Waals surface area (Å²) in [4.78, 5) is 25.3. The summed E-state index contributed by atoms with van der Waals surface area (Å²) in [6.07, 6.45) is 2.45. The molecule has 1 saturated heterocycles. The highest BCUT2D eigenvalue weighted by Crippen LogP contribution is 2.37. The summed E-state index contributed by atoms with van der Waals surface area (Å²) in [5.74, 6) is 0.678. The average Bonchev–Trinajstić information content (AvgIpc) is 2.89. The van der Waals surface area contributed by atoms with E-state index in [4.69, 9.17) is 9.47 Å². The van der Waals surface area contributed by atoms with Crippen molar-refractivity contribution in [2.45, 2.75) is 37.7 Å². The number of carbonyl (C=O) groups excluding carboxylic acids is 2. The molecule has 0 N–H and O–H groups in total. The number of rotatable bonds is 4. The first kappa shape index (κ1) is 15.0. The molecule has 1 saturated carbocycles. The zero-order valence-corrected chi connectivity index (χ0v) is 12.8. The number of Topliss-reactive ketones (excluding diaryl/α,β-unsaturated/α-hetero) is 1. The number of ketones is 1. The molecule has 1 unspecified atom stereocenters. The molecular formula is C17H21NO4. The van der Waals surface area contributed by atoms with Gasteiger partial charge in [-0.25, -0.2) is 4.79 Å². The summed E-state index contributed by atoms with van der Waals surface area (Å²) in [5, 5.41) is 0. The van der Waals surface area contributed by atoms with E-state index in [1.165, 1.54) is 0 Å². The van der Waals surface area contributed by atoms with Crippen molar-refractivity contribution in [3.8, 4) is 0 Å². The lowest BCUT2D eigenvalue weighted by Gasteiger charge is -2.26. The molecule has 22 heavy (non-hydrogen) atoms. The van der Waals surface area contributed by atoms with Gasteiger partial charge in [0.15, 0.2) is 0 Å². The van der Waals surface area contributed by atoms with Crippen LogP contribution in [0.4, 0.5) is 10.5 Å². The van der Waals surface area contributed by atoms with Gasteiger partial charge in [0.25, 0.3) is 0 Å². The maximum atomic E-state index is 12.1. The lowest BCUT2D eigenvalue weighted by molar-refractivity contribution is -0.120. The van der Waals surface area contributed by atoms with Crippen molar-refractivity contribution in [3.63, 3.8) is 0 Å². The largest absolute Gasteiger partial charge is 0.441 e. The molecule has 1 aliphatic heterocycles. The number of hydrogen-bond donors (Lipinski definition) is 0. The molecule has 5 heteroatoms. The molecule has 1 amide bonds. The van der Waals surface area contributed by atoms with Crippen molar-refractivity contribution in [1.82, 2.24) is 0 Å². The molecule has 1 heterocycles. The average molecular weight is 303 g/mol. The Balaban J connectivity index is 1.82. The van der Waals surface area contributed by atoms with Crippen LogP contribution >= 0.6 is 0 Å². The molecule has 0 aromatic heterocycles. The number of carbonyl (C=O) groups is 2. The maximum Gasteiger partial charge on any atom is 0.414 e. The van der Waals surface area contributed by atoms with Crippen LogP contribution in [0.25, 0.3) is 0 Å². The number of hydrogen-bond acceptors (Lipinski definition) is 4. The van der Waals surface area contributed by atoms with Crippen molar-refractivity contribution in [2.75, 3.05) is 25.2 Å². The topological polar surface area (TPSA) is 55.8 Å². The molecule has 0 radical (unpaired) electrons. The number of ether oxygens (including phenoxy) is 2. The predicted octanol–water partition coefficient (Wildman–Crippen LogP) is 2.88. The molecule has 2 aliphatic rings. The Morgan fingerprint density at radius 1 is 1.23 bits per heavy atom. The van der Waals surface area contributed by atoms with E-state index in [0.29, 0.717) is 37.7 Å². The van der Waals surface area contributed by atoms with Gasteiger partial charge in [-0.1, -0.05) is 18.2 Å². The Hall–Kier alpha value is -1.88. The van der Waals surface area contributed by atoms with Crippen LogP contribution in [0.3, 0.4) is 0 Å². The molecule has 1 aliphatic carbocycles. The van der Waals surface area contributed by atoms with Gasteiger partial charge in [-0.2, -0.15) is 0 Å². The van der Waals surface area contributed by atoms with E-state index in [9.17, 15) is 9.59 Å². The maximum absolute atomic E-state index is 12.1. The Labute approximate surface area is 130 Å². The third-order valence-electron chi connectivity index (χ3n) is 4.44. The Morgan fingerprint density at radius 2 is 1.95 bits per heavy atom. The Morgan fingerprint density at radius 3 is 2.68 bits per heavy atom. The zero-order chi connectivity index (χ0) is 15.5. The summed E-state index contributed by atoms with van der Waals surface area (Å²) < 4.78 is 10.4. The van der Waals surface area contributed by atoms with Gasteiger partial charge >= 0.3 is 6.09 Å². The van der Waals surface area contributed by atoms with E-state index in [2.05, 4.69) is 6.07 Å². The van der Waals surface area contributed by atoms with Crippen LogP contribution in [0, 0.1) is 0 Å². The normalized spacial score (nSPS) is 23.0. The number of benzene rings is 1. The molecular weight excluding hydrogens is 282 g/mol. The minimum Gasteiger partial charge on any atom is -0.441 e. The molecule has 118 valence electrons. The first-order valence-corrected chi connectivity index (χ1v) is 7.76. The van der Waals surface area contributed by atoms with Crippen LogP contribution < -0.4 is 4.90 Å². The zero-order valence-electron chi connectivity index (χ0n) is 12.8.